The fourth-order valence-electron chi connectivity index (χ4n) is 3.61. The third-order valence-electron chi connectivity index (χ3n) is 5.03. The minimum absolute atomic E-state index is 0.868. The number of hydrogen-bond acceptors (Lipinski definition) is 3. The van der Waals surface area contributed by atoms with E-state index >= 15 is 0 Å². The van der Waals surface area contributed by atoms with Crippen LogP contribution in [0.4, 0.5) is 0 Å². The van der Waals surface area contributed by atoms with E-state index in [0.29, 0.717) is 0 Å². The van der Waals surface area contributed by atoms with Gasteiger partial charge in [-0.3, -0.25) is 4.98 Å². The molecule has 0 aliphatic heterocycles. The lowest BCUT2D eigenvalue weighted by atomic mass is 9.89. The van der Waals surface area contributed by atoms with Crippen LogP contribution in [0.2, 0.25) is 0 Å². The first-order chi connectivity index (χ1) is 11.9. The summed E-state index contributed by atoms with van der Waals surface area (Å²) in [6.45, 7) is 2.04. The first-order valence-electron chi connectivity index (χ1n) is 8.98. The van der Waals surface area contributed by atoms with E-state index < -0.39 is 0 Å². The molecule has 4 rings (SSSR count). The van der Waals surface area contributed by atoms with E-state index in [-0.39, 0.29) is 0 Å². The molecule has 2 aromatic heterocycles. The highest BCUT2D eigenvalue weighted by Crippen LogP contribution is 2.23. The molecule has 2 heterocycles. The summed E-state index contributed by atoms with van der Waals surface area (Å²) in [6, 6.07) is 10.5. The Morgan fingerprint density at radius 1 is 1.04 bits per heavy atom. The average Bonchev–Trinajstić information content (AvgIpc) is 3.11. The third-order valence-corrected chi connectivity index (χ3v) is 5.03. The molecule has 4 heteroatoms. The molecule has 124 valence electrons. The number of imidazole rings is 1. The van der Waals surface area contributed by atoms with Crippen LogP contribution in [0, 0.1) is 5.92 Å². The van der Waals surface area contributed by atoms with E-state index in [2.05, 4.69) is 44.5 Å². The molecule has 1 saturated carbocycles. The molecule has 4 nitrogen and oxygen atoms in total. The smallest absolute Gasteiger partial charge is 0.0931 e. The SMILES string of the molecule is c1nc2ccc(-c3ccc(CNCC4CCCCC4)cn3)cc2[nH]1. The number of nitrogens with zero attached hydrogens (tertiary/aromatic N) is 2. The normalized spacial score (nSPS) is 15.8. The third kappa shape index (κ3) is 3.49. The second-order valence-electron chi connectivity index (χ2n) is 6.82. The zero-order valence-electron chi connectivity index (χ0n) is 14.0. The van der Waals surface area contributed by atoms with Crippen molar-refractivity contribution in [3.05, 3.63) is 48.4 Å². The molecule has 0 unspecified atom stereocenters. The Hall–Kier alpha value is -2.20. The van der Waals surface area contributed by atoms with Crippen molar-refractivity contribution in [3.8, 4) is 11.3 Å². The van der Waals surface area contributed by atoms with Crippen molar-refractivity contribution in [1.82, 2.24) is 20.3 Å². The van der Waals surface area contributed by atoms with Gasteiger partial charge in [-0.25, -0.2) is 4.98 Å². The van der Waals surface area contributed by atoms with E-state index in [1.54, 1.807) is 6.33 Å². The number of aromatic nitrogens is 3. The van der Waals surface area contributed by atoms with E-state index in [9.17, 15) is 0 Å². The zero-order valence-corrected chi connectivity index (χ0v) is 14.0. The molecule has 0 saturated heterocycles. The van der Waals surface area contributed by atoms with Gasteiger partial charge in [0.05, 0.1) is 23.1 Å². The van der Waals surface area contributed by atoms with Gasteiger partial charge < -0.3 is 10.3 Å². The van der Waals surface area contributed by atoms with Crippen LogP contribution in [0.1, 0.15) is 37.7 Å². The van der Waals surface area contributed by atoms with Gasteiger partial charge in [0.1, 0.15) is 0 Å². The van der Waals surface area contributed by atoms with Gasteiger partial charge in [0, 0.05) is 18.3 Å². The maximum atomic E-state index is 4.63. The molecule has 1 fully saturated rings. The molecule has 0 amide bonds. The summed E-state index contributed by atoms with van der Waals surface area (Å²) >= 11 is 0. The Bertz CT molecular complexity index is 785. The summed E-state index contributed by atoms with van der Waals surface area (Å²) in [5.41, 5.74) is 5.41. The summed E-state index contributed by atoms with van der Waals surface area (Å²) in [4.78, 5) is 12.0. The van der Waals surface area contributed by atoms with Crippen LogP contribution in [0.3, 0.4) is 0 Å². The molecule has 0 radical (unpaired) electrons. The number of aromatic amines is 1. The van der Waals surface area contributed by atoms with Crippen molar-refractivity contribution < 1.29 is 0 Å². The molecule has 3 aromatic rings. The van der Waals surface area contributed by atoms with Crippen LogP contribution >= 0.6 is 0 Å². The van der Waals surface area contributed by atoms with Crippen molar-refractivity contribution in [1.29, 1.82) is 0 Å². The van der Waals surface area contributed by atoms with E-state index in [1.165, 1.54) is 37.7 Å². The van der Waals surface area contributed by atoms with Gasteiger partial charge in [0.25, 0.3) is 0 Å². The summed E-state index contributed by atoms with van der Waals surface area (Å²) < 4.78 is 0. The zero-order chi connectivity index (χ0) is 16.2. The standard InChI is InChI=1S/C20H24N4/c1-2-4-15(5-3-1)11-21-12-16-6-8-18(22-13-16)17-7-9-19-20(10-17)24-14-23-19/h6-10,13-15,21H,1-5,11-12H2,(H,23,24). The summed E-state index contributed by atoms with van der Waals surface area (Å²) in [6.07, 6.45) is 10.7. The Balaban J connectivity index is 1.37. The van der Waals surface area contributed by atoms with Crippen LogP contribution in [0.25, 0.3) is 22.3 Å². The molecule has 0 spiro atoms. The van der Waals surface area contributed by atoms with Crippen molar-refractivity contribution in [2.45, 2.75) is 38.6 Å². The van der Waals surface area contributed by atoms with Crippen LogP contribution in [-0.4, -0.2) is 21.5 Å². The van der Waals surface area contributed by atoms with Crippen molar-refractivity contribution in [3.63, 3.8) is 0 Å². The number of benzene rings is 1. The molecule has 0 bridgehead atoms. The number of rotatable bonds is 5. The van der Waals surface area contributed by atoms with E-state index in [0.717, 1.165) is 41.3 Å². The number of pyridine rings is 1. The number of hydrogen-bond donors (Lipinski definition) is 2. The fraction of sp³-hybridized carbons (Fsp3) is 0.400. The highest BCUT2D eigenvalue weighted by molar-refractivity contribution is 5.80. The number of fused-ring (bicyclic) bond motifs is 1. The van der Waals surface area contributed by atoms with Gasteiger partial charge in [-0.1, -0.05) is 31.4 Å². The minimum atomic E-state index is 0.868. The Morgan fingerprint density at radius 3 is 2.79 bits per heavy atom. The molecular formula is C20H24N4. The van der Waals surface area contributed by atoms with Gasteiger partial charge in [-0.2, -0.15) is 0 Å². The van der Waals surface area contributed by atoms with Crippen LogP contribution in [0.15, 0.2) is 42.9 Å². The molecule has 2 N–H and O–H groups in total. The van der Waals surface area contributed by atoms with Gasteiger partial charge in [-0.15, -0.1) is 0 Å². The van der Waals surface area contributed by atoms with Crippen LogP contribution in [-0.2, 0) is 6.54 Å². The largest absolute Gasteiger partial charge is 0.345 e. The van der Waals surface area contributed by atoms with E-state index in [1.807, 2.05) is 12.3 Å². The predicted octanol–water partition coefficient (Wildman–Crippen LogP) is 4.29. The van der Waals surface area contributed by atoms with E-state index in [4.69, 9.17) is 0 Å². The summed E-state index contributed by atoms with van der Waals surface area (Å²) in [5.74, 6) is 0.868. The first kappa shape index (κ1) is 15.3. The minimum Gasteiger partial charge on any atom is -0.345 e. The van der Waals surface area contributed by atoms with Crippen LogP contribution in [0.5, 0.6) is 0 Å². The lowest BCUT2D eigenvalue weighted by Gasteiger charge is -2.21. The summed E-state index contributed by atoms with van der Waals surface area (Å²) in [7, 11) is 0. The summed E-state index contributed by atoms with van der Waals surface area (Å²) in [5, 5.41) is 3.60. The Kier molecular flexibility index (Phi) is 4.56. The van der Waals surface area contributed by atoms with Crippen LogP contribution < -0.4 is 5.32 Å². The van der Waals surface area contributed by atoms with Gasteiger partial charge in [0.2, 0.25) is 0 Å². The first-order valence-corrected chi connectivity index (χ1v) is 8.98. The monoisotopic (exact) mass is 320 g/mol. The maximum Gasteiger partial charge on any atom is 0.0931 e. The second-order valence-corrected chi connectivity index (χ2v) is 6.82. The molecule has 24 heavy (non-hydrogen) atoms. The Morgan fingerprint density at radius 2 is 1.96 bits per heavy atom. The average molecular weight is 320 g/mol. The van der Waals surface area contributed by atoms with Crippen molar-refractivity contribution in [2.75, 3.05) is 6.54 Å². The quantitative estimate of drug-likeness (QED) is 0.737. The molecule has 0 atom stereocenters. The fourth-order valence-corrected chi connectivity index (χ4v) is 3.61. The number of nitrogens with one attached hydrogen (secondary N) is 2. The highest BCUT2D eigenvalue weighted by atomic mass is 14.9. The van der Waals surface area contributed by atoms with Crippen molar-refractivity contribution >= 4 is 11.0 Å². The van der Waals surface area contributed by atoms with Gasteiger partial charge >= 0.3 is 0 Å². The molecule has 1 aliphatic carbocycles. The lowest BCUT2D eigenvalue weighted by Crippen LogP contribution is -2.24. The van der Waals surface area contributed by atoms with Gasteiger partial charge in [-0.05, 0) is 49.1 Å². The molecule has 1 aromatic carbocycles. The predicted molar refractivity (Wildman–Crippen MR) is 97.6 cm³/mol. The maximum absolute atomic E-state index is 4.63. The number of H-pyrrole nitrogens is 1. The Labute approximate surface area is 142 Å². The lowest BCUT2D eigenvalue weighted by molar-refractivity contribution is 0.342. The molecular weight excluding hydrogens is 296 g/mol. The van der Waals surface area contributed by atoms with Gasteiger partial charge in [0.15, 0.2) is 0 Å². The second kappa shape index (κ2) is 7.14. The topological polar surface area (TPSA) is 53.6 Å². The van der Waals surface area contributed by atoms with Crippen molar-refractivity contribution in [2.24, 2.45) is 5.92 Å². The molecule has 1 aliphatic rings. The highest BCUT2D eigenvalue weighted by Gasteiger charge is 2.12.